The van der Waals surface area contributed by atoms with Crippen LogP contribution in [0.4, 0.5) is 0 Å². The second-order valence-electron chi connectivity index (χ2n) is 3.78. The fourth-order valence-electron chi connectivity index (χ4n) is 1.14. The van der Waals surface area contributed by atoms with Gasteiger partial charge in [0.25, 0.3) is 0 Å². The van der Waals surface area contributed by atoms with Crippen molar-refractivity contribution in [2.45, 2.75) is 20.8 Å². The minimum absolute atomic E-state index is 0.313. The maximum atomic E-state index is 11.1. The third kappa shape index (κ3) is 10.0. The zero-order valence-electron chi connectivity index (χ0n) is 10.7. The average molecular weight is 272 g/mol. The molecule has 0 spiro atoms. The van der Waals surface area contributed by atoms with Crippen LogP contribution in [0.5, 0.6) is 0 Å². The normalized spacial score (nSPS) is 14.1. The molecule has 0 aromatic heterocycles. The first kappa shape index (κ1) is 16.8. The van der Waals surface area contributed by atoms with Crippen molar-refractivity contribution in [2.24, 2.45) is 0 Å². The molecule has 0 heterocycles. The molecule has 0 bridgehead atoms. The number of ether oxygens (including phenoxy) is 1. The van der Waals surface area contributed by atoms with E-state index in [1.54, 1.807) is 32.9 Å². The molecule has 0 radical (unpaired) electrons. The smallest absolute Gasteiger partial charge is 0.330 e. The first-order valence-corrected chi connectivity index (χ1v) is 7.17. The standard InChI is InChI=1S/C12H19O5P/c1-4-17-12(13)8-10(2)6-5-7-11(3)9-18(14,15)16/h5-8H,4,9H2,1-3H3,(H2,14,15,16)/p-2/b6-5+,10-8+,11-7+. The third-order valence-electron chi connectivity index (χ3n) is 1.82. The Morgan fingerprint density at radius 3 is 2.44 bits per heavy atom. The van der Waals surface area contributed by atoms with E-state index >= 15 is 0 Å². The maximum Gasteiger partial charge on any atom is 0.330 e. The summed E-state index contributed by atoms with van der Waals surface area (Å²) in [6.07, 6.45) is 5.56. The summed E-state index contributed by atoms with van der Waals surface area (Å²) >= 11 is 0. The fraction of sp³-hybridized carbons (Fsp3) is 0.417. The molecule has 0 amide bonds. The molecule has 0 aliphatic carbocycles. The lowest BCUT2D eigenvalue weighted by Gasteiger charge is -2.29. The van der Waals surface area contributed by atoms with Gasteiger partial charge >= 0.3 is 5.97 Å². The molecule has 0 rings (SSSR count). The van der Waals surface area contributed by atoms with Gasteiger partial charge in [0.15, 0.2) is 0 Å². The van der Waals surface area contributed by atoms with Crippen molar-refractivity contribution in [1.29, 1.82) is 0 Å². The van der Waals surface area contributed by atoms with Crippen LogP contribution in [0.15, 0.2) is 35.5 Å². The van der Waals surface area contributed by atoms with E-state index in [0.29, 0.717) is 17.8 Å². The van der Waals surface area contributed by atoms with Crippen molar-refractivity contribution in [3.05, 3.63) is 35.5 Å². The van der Waals surface area contributed by atoms with E-state index in [4.69, 9.17) is 4.74 Å². The predicted octanol–water partition coefficient (Wildman–Crippen LogP) is 0.912. The first-order valence-electron chi connectivity index (χ1n) is 5.44. The summed E-state index contributed by atoms with van der Waals surface area (Å²) in [5, 5.41) is 0. The summed E-state index contributed by atoms with van der Waals surface area (Å²) in [4.78, 5) is 32.1. The van der Waals surface area contributed by atoms with Crippen LogP contribution >= 0.6 is 7.60 Å². The van der Waals surface area contributed by atoms with Crippen molar-refractivity contribution >= 4 is 13.6 Å². The highest BCUT2D eigenvalue weighted by Gasteiger charge is 1.95. The van der Waals surface area contributed by atoms with E-state index in [1.807, 2.05) is 0 Å². The number of carbonyl (C=O) groups is 1. The van der Waals surface area contributed by atoms with Gasteiger partial charge in [-0.3, -0.25) is 0 Å². The van der Waals surface area contributed by atoms with Crippen LogP contribution in [0.1, 0.15) is 20.8 Å². The van der Waals surface area contributed by atoms with Gasteiger partial charge in [-0.1, -0.05) is 31.4 Å². The van der Waals surface area contributed by atoms with E-state index in [9.17, 15) is 19.1 Å². The van der Waals surface area contributed by atoms with Gasteiger partial charge in [-0.25, -0.2) is 4.79 Å². The van der Waals surface area contributed by atoms with E-state index in [0.717, 1.165) is 0 Å². The third-order valence-corrected chi connectivity index (χ3v) is 2.70. The van der Waals surface area contributed by atoms with Gasteiger partial charge in [0.05, 0.1) is 6.61 Å². The van der Waals surface area contributed by atoms with Gasteiger partial charge in [0, 0.05) is 6.08 Å². The minimum atomic E-state index is -4.51. The Bertz CT molecular complexity index is 414. The lowest BCUT2D eigenvalue weighted by Crippen LogP contribution is -2.17. The van der Waals surface area contributed by atoms with Crippen LogP contribution in [0.25, 0.3) is 0 Å². The van der Waals surface area contributed by atoms with E-state index in [1.165, 1.54) is 12.2 Å². The molecule has 0 N–H and O–H groups in total. The summed E-state index contributed by atoms with van der Waals surface area (Å²) in [5.74, 6) is -0.427. The highest BCUT2D eigenvalue weighted by molar-refractivity contribution is 7.49. The number of allylic oxidation sites excluding steroid dienone is 5. The molecule has 6 heteroatoms. The number of esters is 1. The Morgan fingerprint density at radius 2 is 1.94 bits per heavy atom. The quantitative estimate of drug-likeness (QED) is 0.310. The van der Waals surface area contributed by atoms with Crippen LogP contribution < -0.4 is 9.79 Å². The topological polar surface area (TPSA) is 89.5 Å². The molecule has 0 fully saturated rings. The Morgan fingerprint density at radius 1 is 1.33 bits per heavy atom. The fourth-order valence-corrected chi connectivity index (χ4v) is 1.86. The summed E-state index contributed by atoms with van der Waals surface area (Å²) < 4.78 is 15.2. The molecule has 18 heavy (non-hydrogen) atoms. The first-order chi connectivity index (χ1) is 8.24. The number of rotatable bonds is 6. The Balaban J connectivity index is 4.44. The van der Waals surface area contributed by atoms with Gasteiger partial charge in [-0.05, 0) is 32.5 Å². The Hall–Kier alpha value is -1.16. The summed E-state index contributed by atoms with van der Waals surface area (Å²) in [6, 6.07) is 0. The van der Waals surface area contributed by atoms with Gasteiger partial charge in [-0.2, -0.15) is 0 Å². The monoisotopic (exact) mass is 272 g/mol. The number of carbonyl (C=O) groups excluding carboxylic acids is 1. The van der Waals surface area contributed by atoms with Crippen LogP contribution in [0.2, 0.25) is 0 Å². The molecule has 0 aromatic rings. The lowest BCUT2D eigenvalue weighted by atomic mass is 10.2. The van der Waals surface area contributed by atoms with E-state index in [2.05, 4.69) is 0 Å². The summed E-state index contributed by atoms with van der Waals surface area (Å²) in [7, 11) is -4.51. The molecule has 5 nitrogen and oxygen atoms in total. The zero-order chi connectivity index (χ0) is 14.2. The lowest BCUT2D eigenvalue weighted by molar-refractivity contribution is -0.312. The molecule has 0 unspecified atom stereocenters. The van der Waals surface area contributed by atoms with E-state index in [-0.39, 0.29) is 0 Å². The molecule has 0 aliphatic heterocycles. The molecular weight excluding hydrogens is 255 g/mol. The molecule has 0 atom stereocenters. The van der Waals surface area contributed by atoms with Crippen molar-refractivity contribution in [3.8, 4) is 0 Å². The SMILES string of the molecule is CCOC(=O)/C=C(C)/C=C/C=C(\C)CP(=O)([O-])[O-]. The Labute approximate surface area is 107 Å². The second kappa shape index (κ2) is 8.03. The van der Waals surface area contributed by atoms with Crippen molar-refractivity contribution in [3.63, 3.8) is 0 Å². The van der Waals surface area contributed by atoms with E-state index < -0.39 is 19.7 Å². The van der Waals surface area contributed by atoms with Crippen LogP contribution in [-0.2, 0) is 14.1 Å². The van der Waals surface area contributed by atoms with Gasteiger partial charge in [-0.15, -0.1) is 0 Å². The zero-order valence-corrected chi connectivity index (χ0v) is 11.6. The van der Waals surface area contributed by atoms with Crippen molar-refractivity contribution in [2.75, 3.05) is 12.8 Å². The van der Waals surface area contributed by atoms with Crippen LogP contribution in [-0.4, -0.2) is 18.7 Å². The molecule has 102 valence electrons. The summed E-state index contributed by atoms with van der Waals surface area (Å²) in [5.41, 5.74) is 1.12. The number of hydrogen-bond acceptors (Lipinski definition) is 5. The predicted molar refractivity (Wildman–Crippen MR) is 65.8 cm³/mol. The van der Waals surface area contributed by atoms with Gasteiger partial charge in [0.1, 0.15) is 0 Å². The molecule has 0 aromatic carbocycles. The maximum absolute atomic E-state index is 11.1. The molecule has 0 aliphatic rings. The Kier molecular flexibility index (Phi) is 7.51. The molecular formula is C12H17O5P-2. The van der Waals surface area contributed by atoms with Crippen molar-refractivity contribution in [1.82, 2.24) is 0 Å². The molecule has 0 saturated carbocycles. The molecule has 0 saturated heterocycles. The van der Waals surface area contributed by atoms with Gasteiger partial charge < -0.3 is 19.1 Å². The largest absolute Gasteiger partial charge is 0.810 e. The van der Waals surface area contributed by atoms with Crippen LogP contribution in [0.3, 0.4) is 0 Å². The second-order valence-corrected chi connectivity index (χ2v) is 5.32. The van der Waals surface area contributed by atoms with Crippen molar-refractivity contribution < 1.29 is 23.9 Å². The van der Waals surface area contributed by atoms with Crippen LogP contribution in [0, 0.1) is 0 Å². The minimum Gasteiger partial charge on any atom is -0.810 e. The highest BCUT2D eigenvalue weighted by Crippen LogP contribution is 2.25. The number of hydrogen-bond donors (Lipinski definition) is 0. The summed E-state index contributed by atoms with van der Waals surface area (Å²) in [6.45, 7) is 5.29. The van der Waals surface area contributed by atoms with Gasteiger partial charge in [0.2, 0.25) is 0 Å². The highest BCUT2D eigenvalue weighted by atomic mass is 31.2. The average Bonchev–Trinajstić information content (AvgIpc) is 2.14.